The van der Waals surface area contributed by atoms with E-state index < -0.39 is 11.7 Å². The summed E-state index contributed by atoms with van der Waals surface area (Å²) in [5, 5.41) is 3.04. The van der Waals surface area contributed by atoms with Crippen LogP contribution >= 0.6 is 11.3 Å². The molecule has 4 aromatic rings. The molecule has 0 bridgehead atoms. The van der Waals surface area contributed by atoms with E-state index in [2.05, 4.69) is 0 Å². The van der Waals surface area contributed by atoms with Crippen LogP contribution < -0.4 is 9.47 Å². The Morgan fingerprint density at radius 3 is 2.36 bits per heavy atom. The monoisotopic (exact) mass is 514 g/mol. The fraction of sp³-hybridized carbons (Fsp3) is 0.250. The van der Waals surface area contributed by atoms with Crippen molar-refractivity contribution in [3.63, 3.8) is 0 Å². The van der Waals surface area contributed by atoms with E-state index in [1.54, 1.807) is 24.3 Å². The second kappa shape index (κ2) is 11.0. The summed E-state index contributed by atoms with van der Waals surface area (Å²) in [5.74, 6) is 1.09. The largest absolute Gasteiger partial charge is 0.489 e. The first-order chi connectivity index (χ1) is 17.2. The van der Waals surface area contributed by atoms with Gasteiger partial charge in [-0.25, -0.2) is 0 Å². The molecule has 0 radical (unpaired) electrons. The van der Waals surface area contributed by atoms with Crippen LogP contribution in [0.4, 0.5) is 13.2 Å². The molecule has 0 aliphatic heterocycles. The number of carbonyl (C=O) groups is 1. The second-order valence-corrected chi connectivity index (χ2v) is 9.19. The average molecular weight is 515 g/mol. The van der Waals surface area contributed by atoms with Gasteiger partial charge in [0, 0.05) is 4.70 Å². The van der Waals surface area contributed by atoms with Crippen LogP contribution in [0, 0.1) is 6.92 Å². The highest BCUT2D eigenvalue weighted by Crippen LogP contribution is 2.34. The number of thiophene rings is 1. The zero-order valence-electron chi connectivity index (χ0n) is 19.9. The lowest BCUT2D eigenvalue weighted by Crippen LogP contribution is -2.07. The van der Waals surface area contributed by atoms with Crippen LogP contribution in [0.1, 0.15) is 34.7 Å². The van der Waals surface area contributed by atoms with Gasteiger partial charge in [0.05, 0.1) is 18.6 Å². The second-order valence-electron chi connectivity index (χ2n) is 8.28. The van der Waals surface area contributed by atoms with Gasteiger partial charge >= 0.3 is 12.1 Å². The molecule has 1 heterocycles. The number of alkyl halides is 3. The lowest BCUT2D eigenvalue weighted by Gasteiger charge is -2.11. The zero-order valence-corrected chi connectivity index (χ0v) is 20.7. The summed E-state index contributed by atoms with van der Waals surface area (Å²) in [6.07, 6.45) is -4.11. The Morgan fingerprint density at radius 1 is 0.917 bits per heavy atom. The van der Waals surface area contributed by atoms with E-state index in [4.69, 9.17) is 14.2 Å². The first-order valence-corrected chi connectivity index (χ1v) is 12.3. The summed E-state index contributed by atoms with van der Waals surface area (Å²) in [6.45, 7) is 4.62. The number of halogens is 3. The zero-order chi connectivity index (χ0) is 25.7. The fourth-order valence-electron chi connectivity index (χ4n) is 3.85. The van der Waals surface area contributed by atoms with Gasteiger partial charge in [0.1, 0.15) is 24.7 Å². The number of benzene rings is 3. The number of hydrogen-bond acceptors (Lipinski definition) is 5. The van der Waals surface area contributed by atoms with Crippen molar-refractivity contribution in [2.24, 2.45) is 0 Å². The molecule has 0 saturated heterocycles. The normalized spacial score (nSPS) is 11.5. The molecule has 0 fully saturated rings. The van der Waals surface area contributed by atoms with Crippen molar-refractivity contribution in [2.75, 3.05) is 6.61 Å². The Balaban J connectivity index is 1.38. The predicted octanol–water partition coefficient (Wildman–Crippen LogP) is 7.49. The van der Waals surface area contributed by atoms with Crippen LogP contribution in [0.3, 0.4) is 0 Å². The van der Waals surface area contributed by atoms with Crippen molar-refractivity contribution in [2.45, 2.75) is 39.7 Å². The molecule has 0 atom stereocenters. The maximum Gasteiger partial charge on any atom is 0.416 e. The van der Waals surface area contributed by atoms with Crippen molar-refractivity contribution in [3.8, 4) is 11.5 Å². The molecule has 0 aliphatic rings. The van der Waals surface area contributed by atoms with E-state index >= 15 is 0 Å². The smallest absolute Gasteiger partial charge is 0.416 e. The minimum atomic E-state index is -4.36. The Labute approximate surface area is 211 Å². The molecule has 0 saturated carbocycles. The third-order valence-electron chi connectivity index (χ3n) is 5.55. The van der Waals surface area contributed by atoms with Gasteiger partial charge in [-0.2, -0.15) is 13.2 Å². The number of esters is 1. The van der Waals surface area contributed by atoms with Crippen LogP contribution in [0.5, 0.6) is 11.5 Å². The standard InChI is InChI=1S/C28H25F3O4S/c1-3-33-26(32)13-21-17-36-25-14-24(11-18(2)27(21)25)35-16-20-5-4-6-23(12-20)34-15-19-7-9-22(10-8-19)28(29,30)31/h4-12,14,17H,3,13,15-16H2,1-2H3. The van der Waals surface area contributed by atoms with Crippen LogP contribution in [0.15, 0.2) is 66.0 Å². The molecule has 8 heteroatoms. The fourth-order valence-corrected chi connectivity index (χ4v) is 4.91. The summed E-state index contributed by atoms with van der Waals surface area (Å²) in [7, 11) is 0. The summed E-state index contributed by atoms with van der Waals surface area (Å²) >= 11 is 1.56. The van der Waals surface area contributed by atoms with E-state index in [0.717, 1.165) is 44.7 Å². The number of rotatable bonds is 9. The van der Waals surface area contributed by atoms with Crippen LogP contribution in [0.25, 0.3) is 10.1 Å². The van der Waals surface area contributed by atoms with Crippen LogP contribution in [-0.2, 0) is 35.3 Å². The molecule has 36 heavy (non-hydrogen) atoms. The van der Waals surface area contributed by atoms with E-state index in [1.165, 1.54) is 12.1 Å². The molecule has 1 aromatic heterocycles. The van der Waals surface area contributed by atoms with Crippen molar-refractivity contribution in [3.05, 3.63) is 93.9 Å². The van der Waals surface area contributed by atoms with Gasteiger partial charge in [0.2, 0.25) is 0 Å². The molecule has 3 aromatic carbocycles. The van der Waals surface area contributed by atoms with Crippen molar-refractivity contribution >= 4 is 27.4 Å². The molecular weight excluding hydrogens is 489 g/mol. The number of ether oxygens (including phenoxy) is 3. The Morgan fingerprint density at radius 2 is 1.64 bits per heavy atom. The molecular formula is C28H25F3O4S. The highest BCUT2D eigenvalue weighted by Gasteiger charge is 2.29. The molecule has 0 N–H and O–H groups in total. The first kappa shape index (κ1) is 25.6. The minimum Gasteiger partial charge on any atom is -0.489 e. The Kier molecular flexibility index (Phi) is 7.84. The van der Waals surface area contributed by atoms with Crippen molar-refractivity contribution in [1.29, 1.82) is 0 Å². The third-order valence-corrected chi connectivity index (χ3v) is 6.53. The minimum absolute atomic E-state index is 0.158. The maximum absolute atomic E-state index is 12.7. The van der Waals surface area contributed by atoms with Gasteiger partial charge in [0.15, 0.2) is 0 Å². The van der Waals surface area contributed by atoms with Gasteiger partial charge < -0.3 is 14.2 Å². The lowest BCUT2D eigenvalue weighted by molar-refractivity contribution is -0.142. The highest BCUT2D eigenvalue weighted by molar-refractivity contribution is 7.17. The third kappa shape index (κ3) is 6.37. The van der Waals surface area contributed by atoms with E-state index in [9.17, 15) is 18.0 Å². The van der Waals surface area contributed by atoms with E-state index in [1.807, 2.05) is 42.6 Å². The number of hydrogen-bond donors (Lipinski definition) is 0. The lowest BCUT2D eigenvalue weighted by atomic mass is 10.1. The Hall–Kier alpha value is -3.52. The summed E-state index contributed by atoms with van der Waals surface area (Å²) in [6, 6.07) is 16.2. The maximum atomic E-state index is 12.7. The van der Waals surface area contributed by atoms with Gasteiger partial charge in [-0.3, -0.25) is 4.79 Å². The van der Waals surface area contributed by atoms with Crippen molar-refractivity contribution in [1.82, 2.24) is 0 Å². The van der Waals surface area contributed by atoms with Gasteiger partial charge in [0.25, 0.3) is 0 Å². The average Bonchev–Trinajstić information content (AvgIpc) is 3.24. The molecule has 4 nitrogen and oxygen atoms in total. The predicted molar refractivity (Wildman–Crippen MR) is 133 cm³/mol. The molecule has 0 unspecified atom stereocenters. The highest BCUT2D eigenvalue weighted by atomic mass is 32.1. The summed E-state index contributed by atoms with van der Waals surface area (Å²) < 4.78 is 56.1. The van der Waals surface area contributed by atoms with Crippen LogP contribution in [-0.4, -0.2) is 12.6 Å². The summed E-state index contributed by atoms with van der Waals surface area (Å²) in [5.41, 5.74) is 2.84. The van der Waals surface area contributed by atoms with Crippen molar-refractivity contribution < 1.29 is 32.2 Å². The molecule has 4 rings (SSSR count). The number of fused-ring (bicyclic) bond motifs is 1. The van der Waals surface area contributed by atoms with Crippen LogP contribution in [0.2, 0.25) is 0 Å². The molecule has 188 valence electrons. The quantitative estimate of drug-likeness (QED) is 0.217. The number of carbonyl (C=O) groups excluding carboxylic acids is 1. The SMILES string of the molecule is CCOC(=O)Cc1csc2cc(OCc3cccc(OCc4ccc(C(F)(F)F)cc4)c3)cc(C)c12. The van der Waals surface area contributed by atoms with E-state index in [0.29, 0.717) is 24.5 Å². The molecule has 0 aliphatic carbocycles. The number of aryl methyl sites for hydroxylation is 1. The van der Waals surface area contributed by atoms with Gasteiger partial charge in [-0.05, 0) is 83.3 Å². The van der Waals surface area contributed by atoms with E-state index in [-0.39, 0.29) is 19.0 Å². The Bertz CT molecular complexity index is 1340. The summed E-state index contributed by atoms with van der Waals surface area (Å²) in [4.78, 5) is 11.9. The molecule has 0 spiro atoms. The van der Waals surface area contributed by atoms with Gasteiger partial charge in [-0.15, -0.1) is 11.3 Å². The first-order valence-electron chi connectivity index (χ1n) is 11.4. The van der Waals surface area contributed by atoms with Gasteiger partial charge in [-0.1, -0.05) is 24.3 Å². The topological polar surface area (TPSA) is 44.8 Å². The molecule has 0 amide bonds.